The summed E-state index contributed by atoms with van der Waals surface area (Å²) < 4.78 is 16.3. The highest BCUT2D eigenvalue weighted by atomic mass is 79.9. The van der Waals surface area contributed by atoms with Gasteiger partial charge in [-0.05, 0) is 24.3 Å². The topological polar surface area (TPSA) is 30.2 Å². The van der Waals surface area contributed by atoms with Crippen molar-refractivity contribution in [2.45, 2.75) is 0 Å². The van der Waals surface area contributed by atoms with Crippen LogP contribution in [0.5, 0.6) is 0 Å². The molecule has 0 saturated heterocycles. The lowest BCUT2D eigenvalue weighted by Gasteiger charge is -2.01. The first-order valence-corrected chi connectivity index (χ1v) is 5.80. The lowest BCUT2D eigenvalue weighted by Crippen LogP contribution is -1.91. The Labute approximate surface area is 105 Å². The Morgan fingerprint density at radius 1 is 1.12 bits per heavy atom. The summed E-state index contributed by atoms with van der Waals surface area (Å²) in [6.45, 7) is 0. The first-order chi connectivity index (χ1) is 8.25. The molecule has 5 heteroatoms. The monoisotopic (exact) mass is 291 g/mol. The van der Waals surface area contributed by atoms with Crippen molar-refractivity contribution in [1.82, 2.24) is 14.6 Å². The fourth-order valence-corrected chi connectivity index (χ4v) is 2.02. The highest BCUT2D eigenvalue weighted by Crippen LogP contribution is 2.22. The second-order valence-electron chi connectivity index (χ2n) is 3.58. The van der Waals surface area contributed by atoms with Gasteiger partial charge in [-0.15, -0.1) is 10.2 Å². The zero-order valence-corrected chi connectivity index (χ0v) is 10.2. The number of benzene rings is 1. The van der Waals surface area contributed by atoms with E-state index in [2.05, 4.69) is 26.1 Å². The van der Waals surface area contributed by atoms with Gasteiger partial charge in [0.05, 0.1) is 5.56 Å². The molecule has 3 rings (SSSR count). The van der Waals surface area contributed by atoms with Crippen LogP contribution in [0, 0.1) is 5.82 Å². The van der Waals surface area contributed by atoms with Crippen LogP contribution < -0.4 is 0 Å². The van der Waals surface area contributed by atoms with E-state index in [9.17, 15) is 4.39 Å². The van der Waals surface area contributed by atoms with E-state index in [1.165, 1.54) is 6.07 Å². The van der Waals surface area contributed by atoms with Crippen molar-refractivity contribution in [3.63, 3.8) is 0 Å². The lowest BCUT2D eigenvalue weighted by atomic mass is 10.2. The van der Waals surface area contributed by atoms with Crippen molar-refractivity contribution in [1.29, 1.82) is 0 Å². The summed E-state index contributed by atoms with van der Waals surface area (Å²) in [7, 11) is 0. The summed E-state index contributed by atoms with van der Waals surface area (Å²) in [5, 5.41) is 8.03. The van der Waals surface area contributed by atoms with Gasteiger partial charge in [0.2, 0.25) is 0 Å². The number of halogens is 2. The van der Waals surface area contributed by atoms with E-state index in [0.29, 0.717) is 17.0 Å². The Kier molecular flexibility index (Phi) is 2.40. The number of fused-ring (bicyclic) bond motifs is 1. The molecule has 1 aromatic carbocycles. The van der Waals surface area contributed by atoms with Crippen LogP contribution in [0.4, 0.5) is 4.39 Å². The van der Waals surface area contributed by atoms with E-state index in [0.717, 1.165) is 4.47 Å². The van der Waals surface area contributed by atoms with Gasteiger partial charge >= 0.3 is 0 Å². The lowest BCUT2D eigenvalue weighted by molar-refractivity contribution is 0.629. The van der Waals surface area contributed by atoms with Crippen molar-refractivity contribution in [3.05, 3.63) is 52.9 Å². The molecule has 17 heavy (non-hydrogen) atoms. The van der Waals surface area contributed by atoms with E-state index < -0.39 is 0 Å². The minimum Gasteiger partial charge on any atom is -0.282 e. The summed E-state index contributed by atoms with van der Waals surface area (Å²) in [5.41, 5.74) is 1.12. The van der Waals surface area contributed by atoms with Crippen LogP contribution in [0.1, 0.15) is 0 Å². The van der Waals surface area contributed by atoms with Crippen LogP contribution in [-0.4, -0.2) is 14.6 Å². The molecule has 0 radical (unpaired) electrons. The summed E-state index contributed by atoms with van der Waals surface area (Å²) in [6.07, 6.45) is 1.81. The second kappa shape index (κ2) is 3.92. The van der Waals surface area contributed by atoms with Crippen molar-refractivity contribution in [2.24, 2.45) is 0 Å². The van der Waals surface area contributed by atoms with Crippen LogP contribution in [0.15, 0.2) is 47.1 Å². The average molecular weight is 292 g/mol. The molecule has 0 bridgehead atoms. The first kappa shape index (κ1) is 10.4. The molecular formula is C12H7BrFN3. The van der Waals surface area contributed by atoms with E-state index in [4.69, 9.17) is 0 Å². The van der Waals surface area contributed by atoms with Gasteiger partial charge in [-0.2, -0.15) is 0 Å². The fourth-order valence-electron chi connectivity index (χ4n) is 1.69. The number of nitrogens with zero attached hydrogens (tertiary/aromatic N) is 3. The zero-order valence-electron chi connectivity index (χ0n) is 8.64. The maximum absolute atomic E-state index is 13.7. The third kappa shape index (κ3) is 1.72. The van der Waals surface area contributed by atoms with Crippen LogP contribution >= 0.6 is 15.9 Å². The van der Waals surface area contributed by atoms with Crippen LogP contribution in [0.25, 0.3) is 17.0 Å². The SMILES string of the molecule is Fc1ccccc1-c1nnc2cc(Br)ccn12. The minimum absolute atomic E-state index is 0.301. The molecule has 0 unspecified atom stereocenters. The third-order valence-electron chi connectivity index (χ3n) is 2.49. The molecule has 0 amide bonds. The molecule has 3 aromatic rings. The third-order valence-corrected chi connectivity index (χ3v) is 2.98. The maximum atomic E-state index is 13.7. The minimum atomic E-state index is -0.301. The summed E-state index contributed by atoms with van der Waals surface area (Å²) in [6, 6.07) is 10.2. The summed E-state index contributed by atoms with van der Waals surface area (Å²) in [5.74, 6) is 0.204. The number of hydrogen-bond donors (Lipinski definition) is 0. The first-order valence-electron chi connectivity index (χ1n) is 5.01. The molecular weight excluding hydrogens is 285 g/mol. The highest BCUT2D eigenvalue weighted by Gasteiger charge is 2.11. The molecule has 3 nitrogen and oxygen atoms in total. The molecule has 0 aliphatic rings. The molecule has 0 atom stereocenters. The quantitative estimate of drug-likeness (QED) is 0.689. The smallest absolute Gasteiger partial charge is 0.171 e. The van der Waals surface area contributed by atoms with Gasteiger partial charge in [-0.1, -0.05) is 28.1 Å². The van der Waals surface area contributed by atoms with Crippen molar-refractivity contribution in [3.8, 4) is 11.4 Å². The Morgan fingerprint density at radius 2 is 1.94 bits per heavy atom. The van der Waals surface area contributed by atoms with Gasteiger partial charge < -0.3 is 0 Å². The number of pyridine rings is 1. The van der Waals surface area contributed by atoms with Gasteiger partial charge in [-0.25, -0.2) is 4.39 Å². The molecule has 0 fully saturated rings. The second-order valence-corrected chi connectivity index (χ2v) is 4.49. The Bertz CT molecular complexity index is 693. The average Bonchev–Trinajstić information content (AvgIpc) is 2.72. The zero-order chi connectivity index (χ0) is 11.8. The number of aromatic nitrogens is 3. The van der Waals surface area contributed by atoms with Crippen molar-refractivity contribution in [2.75, 3.05) is 0 Å². The fraction of sp³-hybridized carbons (Fsp3) is 0. The molecule has 0 aliphatic carbocycles. The molecule has 2 heterocycles. The molecule has 0 aliphatic heterocycles. The Hall–Kier alpha value is -1.75. The molecule has 0 saturated carbocycles. The Balaban J connectivity index is 2.29. The van der Waals surface area contributed by atoms with Gasteiger partial charge in [0.25, 0.3) is 0 Å². The van der Waals surface area contributed by atoms with Gasteiger partial charge in [0.1, 0.15) is 5.82 Å². The Morgan fingerprint density at radius 3 is 2.76 bits per heavy atom. The van der Waals surface area contributed by atoms with E-state index in [1.807, 2.05) is 12.1 Å². The number of rotatable bonds is 1. The normalized spacial score (nSPS) is 10.9. The molecule has 0 spiro atoms. The maximum Gasteiger partial charge on any atom is 0.171 e. The van der Waals surface area contributed by atoms with Crippen molar-refractivity contribution < 1.29 is 4.39 Å². The largest absolute Gasteiger partial charge is 0.282 e. The van der Waals surface area contributed by atoms with E-state index in [1.54, 1.807) is 28.8 Å². The van der Waals surface area contributed by atoms with Gasteiger partial charge in [0.15, 0.2) is 11.5 Å². The van der Waals surface area contributed by atoms with E-state index >= 15 is 0 Å². The van der Waals surface area contributed by atoms with Gasteiger partial charge in [0, 0.05) is 10.7 Å². The summed E-state index contributed by atoms with van der Waals surface area (Å²) >= 11 is 3.36. The predicted molar refractivity (Wildman–Crippen MR) is 66.1 cm³/mol. The van der Waals surface area contributed by atoms with Crippen LogP contribution in [0.3, 0.4) is 0 Å². The molecule has 84 valence electrons. The van der Waals surface area contributed by atoms with Crippen LogP contribution in [-0.2, 0) is 0 Å². The molecule has 0 N–H and O–H groups in total. The predicted octanol–water partition coefficient (Wildman–Crippen LogP) is 3.30. The standard InChI is InChI=1S/C12H7BrFN3/c13-8-5-6-17-11(7-8)15-16-12(17)9-3-1-2-4-10(9)14/h1-7H. The highest BCUT2D eigenvalue weighted by molar-refractivity contribution is 9.10. The van der Waals surface area contributed by atoms with Crippen LogP contribution in [0.2, 0.25) is 0 Å². The number of hydrogen-bond acceptors (Lipinski definition) is 2. The van der Waals surface area contributed by atoms with Gasteiger partial charge in [-0.3, -0.25) is 4.40 Å². The van der Waals surface area contributed by atoms with E-state index in [-0.39, 0.29) is 5.82 Å². The molecule has 2 aromatic heterocycles. The summed E-state index contributed by atoms with van der Waals surface area (Å²) in [4.78, 5) is 0. The van der Waals surface area contributed by atoms with Crippen molar-refractivity contribution >= 4 is 21.6 Å².